The lowest BCUT2D eigenvalue weighted by Gasteiger charge is -2.02. The van der Waals surface area contributed by atoms with Gasteiger partial charge in [0.2, 0.25) is 5.78 Å². The maximum atomic E-state index is 13.8. The number of benzene rings is 2. The second-order valence-electron chi connectivity index (χ2n) is 4.61. The molecule has 0 fully saturated rings. The van der Waals surface area contributed by atoms with Crippen molar-refractivity contribution < 1.29 is 18.0 Å². The monoisotopic (exact) mass is 306 g/mol. The number of furan rings is 1. The van der Waals surface area contributed by atoms with E-state index < -0.39 is 17.4 Å². The highest BCUT2D eigenvalue weighted by atomic mass is 35.5. The van der Waals surface area contributed by atoms with E-state index in [1.54, 1.807) is 6.07 Å². The molecular formula is C16H9ClF2O2. The number of rotatable bonds is 3. The molecule has 3 aromatic rings. The number of ketones is 1. The lowest BCUT2D eigenvalue weighted by atomic mass is 10.1. The Kier molecular flexibility index (Phi) is 3.47. The van der Waals surface area contributed by atoms with Gasteiger partial charge in [0.1, 0.15) is 17.2 Å². The van der Waals surface area contributed by atoms with Crippen molar-refractivity contribution in [2.24, 2.45) is 0 Å². The van der Waals surface area contributed by atoms with Gasteiger partial charge in [-0.1, -0.05) is 23.7 Å². The lowest BCUT2D eigenvalue weighted by molar-refractivity contribution is 0.0967. The van der Waals surface area contributed by atoms with E-state index in [4.69, 9.17) is 16.0 Å². The first-order valence-corrected chi connectivity index (χ1v) is 6.57. The average molecular weight is 307 g/mol. The van der Waals surface area contributed by atoms with Crippen molar-refractivity contribution >= 4 is 28.4 Å². The van der Waals surface area contributed by atoms with Gasteiger partial charge in [-0.25, -0.2) is 8.78 Å². The van der Waals surface area contributed by atoms with Gasteiger partial charge in [0, 0.05) is 11.8 Å². The largest absolute Gasteiger partial charge is 0.453 e. The number of halogens is 3. The Morgan fingerprint density at radius 2 is 1.95 bits per heavy atom. The Morgan fingerprint density at radius 3 is 2.76 bits per heavy atom. The second-order valence-corrected chi connectivity index (χ2v) is 5.01. The second kappa shape index (κ2) is 5.30. The van der Waals surface area contributed by atoms with Gasteiger partial charge in [-0.05, 0) is 35.9 Å². The molecule has 0 aliphatic carbocycles. The lowest BCUT2D eigenvalue weighted by Crippen LogP contribution is -2.04. The molecule has 0 N–H and O–H groups in total. The molecule has 0 radical (unpaired) electrons. The van der Waals surface area contributed by atoms with Crippen molar-refractivity contribution in [1.29, 1.82) is 0 Å². The van der Waals surface area contributed by atoms with Gasteiger partial charge in [0.05, 0.1) is 5.02 Å². The molecule has 2 nitrogen and oxygen atoms in total. The summed E-state index contributed by atoms with van der Waals surface area (Å²) in [6, 6.07) is 9.88. The van der Waals surface area contributed by atoms with Crippen LogP contribution in [0.15, 0.2) is 46.9 Å². The van der Waals surface area contributed by atoms with E-state index in [-0.39, 0.29) is 22.8 Å². The Morgan fingerprint density at radius 1 is 1.14 bits per heavy atom. The number of carbonyl (C=O) groups excluding carboxylic acids is 1. The molecule has 0 saturated heterocycles. The Balaban J connectivity index is 1.91. The van der Waals surface area contributed by atoms with Gasteiger partial charge >= 0.3 is 0 Å². The molecule has 21 heavy (non-hydrogen) atoms. The summed E-state index contributed by atoms with van der Waals surface area (Å²) in [4.78, 5) is 12.1. The summed E-state index contributed by atoms with van der Waals surface area (Å²) in [5.74, 6) is -1.36. The summed E-state index contributed by atoms with van der Waals surface area (Å²) in [5, 5.41) is 0.455. The van der Waals surface area contributed by atoms with Crippen molar-refractivity contribution in [1.82, 2.24) is 0 Å². The summed E-state index contributed by atoms with van der Waals surface area (Å²) in [6.07, 6.45) is -0.172. The molecule has 1 heterocycles. The van der Waals surface area contributed by atoms with Crippen molar-refractivity contribution in [2.45, 2.75) is 6.42 Å². The molecule has 0 atom stereocenters. The minimum Gasteiger partial charge on any atom is -0.453 e. The molecule has 3 rings (SSSR count). The maximum Gasteiger partial charge on any atom is 0.202 e. The van der Waals surface area contributed by atoms with E-state index in [0.717, 1.165) is 0 Å². The highest BCUT2D eigenvalue weighted by molar-refractivity contribution is 6.30. The molecule has 0 bridgehead atoms. The van der Waals surface area contributed by atoms with E-state index in [1.807, 2.05) is 0 Å². The van der Waals surface area contributed by atoms with Crippen LogP contribution >= 0.6 is 11.6 Å². The van der Waals surface area contributed by atoms with Gasteiger partial charge in [0.25, 0.3) is 0 Å². The fourth-order valence-electron chi connectivity index (χ4n) is 2.10. The quantitative estimate of drug-likeness (QED) is 0.651. The third kappa shape index (κ3) is 2.67. The molecule has 5 heteroatoms. The molecule has 0 aliphatic heterocycles. The molecule has 106 valence electrons. The van der Waals surface area contributed by atoms with E-state index in [1.165, 1.54) is 36.4 Å². The highest BCUT2D eigenvalue weighted by Gasteiger charge is 2.16. The minimum absolute atomic E-state index is 0.0352. The topological polar surface area (TPSA) is 30.2 Å². The van der Waals surface area contributed by atoms with Crippen LogP contribution in [0, 0.1) is 11.6 Å². The predicted molar refractivity (Wildman–Crippen MR) is 75.6 cm³/mol. The van der Waals surface area contributed by atoms with Crippen molar-refractivity contribution in [3.63, 3.8) is 0 Å². The zero-order chi connectivity index (χ0) is 15.0. The first kappa shape index (κ1) is 13.8. The third-order valence-electron chi connectivity index (χ3n) is 3.14. The van der Waals surface area contributed by atoms with Gasteiger partial charge in [-0.2, -0.15) is 0 Å². The number of hydrogen-bond donors (Lipinski definition) is 0. The van der Waals surface area contributed by atoms with Crippen LogP contribution < -0.4 is 0 Å². The molecule has 0 aliphatic rings. The van der Waals surface area contributed by atoms with Crippen LogP contribution in [-0.2, 0) is 6.42 Å². The molecule has 0 spiro atoms. The van der Waals surface area contributed by atoms with Crippen molar-refractivity contribution in [3.8, 4) is 0 Å². The van der Waals surface area contributed by atoms with Crippen LogP contribution in [0.3, 0.4) is 0 Å². The Labute approximate surface area is 123 Å². The molecule has 0 saturated carbocycles. The summed E-state index contributed by atoms with van der Waals surface area (Å²) < 4.78 is 32.2. The molecular weight excluding hydrogens is 298 g/mol. The zero-order valence-corrected chi connectivity index (χ0v) is 11.5. The van der Waals surface area contributed by atoms with Crippen molar-refractivity contribution in [3.05, 3.63) is 70.4 Å². The first-order valence-electron chi connectivity index (χ1n) is 6.20. The number of carbonyl (C=O) groups is 1. The van der Waals surface area contributed by atoms with E-state index in [2.05, 4.69) is 0 Å². The normalized spacial score (nSPS) is 11.0. The van der Waals surface area contributed by atoms with Gasteiger partial charge in [0.15, 0.2) is 5.76 Å². The maximum absolute atomic E-state index is 13.8. The van der Waals surface area contributed by atoms with Crippen LogP contribution in [-0.4, -0.2) is 5.78 Å². The third-order valence-corrected chi connectivity index (χ3v) is 3.43. The minimum atomic E-state index is -0.616. The summed E-state index contributed by atoms with van der Waals surface area (Å²) >= 11 is 5.67. The summed E-state index contributed by atoms with van der Waals surface area (Å²) in [5.41, 5.74) is 0.602. The zero-order valence-electron chi connectivity index (χ0n) is 10.7. The van der Waals surface area contributed by atoms with Crippen LogP contribution in [0.1, 0.15) is 16.1 Å². The molecule has 2 aromatic carbocycles. The predicted octanol–water partition coefficient (Wildman–Crippen LogP) is 4.79. The van der Waals surface area contributed by atoms with E-state index in [0.29, 0.717) is 11.0 Å². The standard InChI is InChI=1S/C16H9ClF2O2/c17-12-3-1-2-9(16(12)19)7-13(20)15-8-10-6-11(18)4-5-14(10)21-15/h1-6,8H,7H2. The van der Waals surface area contributed by atoms with Crippen LogP contribution in [0.2, 0.25) is 5.02 Å². The SMILES string of the molecule is O=C(Cc1cccc(Cl)c1F)c1cc2cc(F)ccc2o1. The average Bonchev–Trinajstić information content (AvgIpc) is 2.87. The van der Waals surface area contributed by atoms with E-state index >= 15 is 0 Å². The number of fused-ring (bicyclic) bond motifs is 1. The molecule has 0 unspecified atom stereocenters. The first-order chi connectivity index (χ1) is 10.0. The van der Waals surface area contributed by atoms with Gasteiger partial charge < -0.3 is 4.42 Å². The Hall–Kier alpha value is -2.20. The van der Waals surface area contributed by atoms with E-state index in [9.17, 15) is 13.6 Å². The van der Waals surface area contributed by atoms with Crippen LogP contribution in [0.5, 0.6) is 0 Å². The smallest absolute Gasteiger partial charge is 0.202 e. The summed E-state index contributed by atoms with van der Waals surface area (Å²) in [7, 11) is 0. The van der Waals surface area contributed by atoms with Gasteiger partial charge in [-0.3, -0.25) is 4.79 Å². The fourth-order valence-corrected chi connectivity index (χ4v) is 2.29. The Bertz CT molecular complexity index is 839. The molecule has 0 amide bonds. The number of hydrogen-bond acceptors (Lipinski definition) is 2. The van der Waals surface area contributed by atoms with Gasteiger partial charge in [-0.15, -0.1) is 0 Å². The van der Waals surface area contributed by atoms with Crippen LogP contribution in [0.4, 0.5) is 8.78 Å². The highest BCUT2D eigenvalue weighted by Crippen LogP contribution is 2.23. The fraction of sp³-hybridized carbons (Fsp3) is 0.0625. The summed E-state index contributed by atoms with van der Waals surface area (Å²) in [6.45, 7) is 0. The number of Topliss-reactive ketones (excluding diaryl/α,β-unsaturated/α-hetero) is 1. The van der Waals surface area contributed by atoms with Crippen LogP contribution in [0.25, 0.3) is 11.0 Å². The van der Waals surface area contributed by atoms with Crippen molar-refractivity contribution in [2.75, 3.05) is 0 Å². The molecule has 1 aromatic heterocycles.